The number of rotatable bonds is 5. The molecule has 0 spiro atoms. The monoisotopic (exact) mass is 354 g/mol. The Morgan fingerprint density at radius 2 is 2.15 bits per heavy atom. The minimum absolute atomic E-state index is 0.0729. The maximum absolute atomic E-state index is 12.7. The average molecular weight is 354 g/mol. The lowest BCUT2D eigenvalue weighted by Gasteiger charge is -2.39. The third kappa shape index (κ3) is 3.97. The Labute approximate surface area is 153 Å². The molecule has 0 bridgehead atoms. The van der Waals surface area contributed by atoms with Crippen molar-refractivity contribution in [2.75, 3.05) is 13.2 Å². The van der Waals surface area contributed by atoms with E-state index in [-0.39, 0.29) is 17.9 Å². The Hall–Kier alpha value is -2.18. The molecule has 1 amide bonds. The van der Waals surface area contributed by atoms with Gasteiger partial charge in [-0.25, -0.2) is 0 Å². The molecular formula is C20H26N4O2. The normalized spacial score (nSPS) is 25.5. The molecule has 1 aliphatic carbocycles. The van der Waals surface area contributed by atoms with E-state index in [1.54, 1.807) is 6.20 Å². The molecule has 1 aromatic heterocycles. The Kier molecular flexibility index (Phi) is 5.32. The first kappa shape index (κ1) is 17.2. The van der Waals surface area contributed by atoms with E-state index in [4.69, 9.17) is 4.74 Å². The molecule has 1 saturated heterocycles. The molecular weight excluding hydrogens is 328 g/mol. The van der Waals surface area contributed by atoms with Crippen molar-refractivity contribution < 1.29 is 9.53 Å². The van der Waals surface area contributed by atoms with Gasteiger partial charge in [0.25, 0.3) is 0 Å². The maximum atomic E-state index is 12.7. The minimum atomic E-state index is 0.0729. The number of hydrogen-bond donors (Lipinski definition) is 2. The van der Waals surface area contributed by atoms with Crippen molar-refractivity contribution in [2.45, 2.75) is 44.5 Å². The van der Waals surface area contributed by atoms with Crippen LogP contribution in [-0.2, 0) is 22.6 Å². The first-order chi connectivity index (χ1) is 12.8. The van der Waals surface area contributed by atoms with E-state index in [1.807, 2.05) is 29.1 Å². The van der Waals surface area contributed by atoms with Gasteiger partial charge in [-0.2, -0.15) is 5.10 Å². The highest BCUT2D eigenvalue weighted by Crippen LogP contribution is 2.28. The first-order valence-electron chi connectivity index (χ1n) is 9.46. The van der Waals surface area contributed by atoms with Crippen LogP contribution in [0.25, 0.3) is 0 Å². The molecule has 1 saturated carbocycles. The summed E-state index contributed by atoms with van der Waals surface area (Å²) in [6.45, 7) is 2.94. The number of benzene rings is 1. The molecule has 2 N–H and O–H groups in total. The summed E-state index contributed by atoms with van der Waals surface area (Å²) in [5.41, 5.74) is 2.33. The Balaban J connectivity index is 1.34. The molecule has 2 heterocycles. The van der Waals surface area contributed by atoms with Crippen molar-refractivity contribution in [3.05, 3.63) is 53.9 Å². The summed E-state index contributed by atoms with van der Waals surface area (Å²) in [6, 6.07) is 10.5. The van der Waals surface area contributed by atoms with Crippen LogP contribution in [-0.4, -0.2) is 41.0 Å². The summed E-state index contributed by atoms with van der Waals surface area (Å²) in [5.74, 6) is 0.230. The maximum Gasteiger partial charge on any atom is 0.223 e. The smallest absolute Gasteiger partial charge is 0.223 e. The van der Waals surface area contributed by atoms with Crippen LogP contribution >= 0.6 is 0 Å². The standard InChI is InChI=1S/C20H26N4O2/c25-20(15-6-7-19-18(12-15)21-9-11-26-19)22-13-16-4-1-2-5-17(16)14-24-10-3-8-23-24/h1-5,8,10,15,18-19,21H,6-7,9,11-14H2,(H,22,25)/t15-,18+,19+/m0/s1. The van der Waals surface area contributed by atoms with Gasteiger partial charge in [-0.05, 0) is 36.5 Å². The number of morpholine rings is 1. The van der Waals surface area contributed by atoms with Crippen molar-refractivity contribution in [2.24, 2.45) is 5.92 Å². The van der Waals surface area contributed by atoms with Gasteiger partial charge in [-0.3, -0.25) is 9.48 Å². The summed E-state index contributed by atoms with van der Waals surface area (Å²) >= 11 is 0. The number of ether oxygens (including phenoxy) is 1. The van der Waals surface area contributed by atoms with Gasteiger partial charge in [0.1, 0.15) is 0 Å². The van der Waals surface area contributed by atoms with Crippen molar-refractivity contribution >= 4 is 5.91 Å². The Morgan fingerprint density at radius 1 is 1.27 bits per heavy atom. The summed E-state index contributed by atoms with van der Waals surface area (Å²) < 4.78 is 7.70. The number of nitrogens with zero attached hydrogens (tertiary/aromatic N) is 2. The van der Waals surface area contributed by atoms with Gasteiger partial charge in [0.05, 0.1) is 19.3 Å². The second kappa shape index (κ2) is 8.01. The molecule has 6 heteroatoms. The fourth-order valence-corrected chi connectivity index (χ4v) is 4.03. The van der Waals surface area contributed by atoms with Crippen LogP contribution in [0.2, 0.25) is 0 Å². The molecule has 2 fully saturated rings. The fourth-order valence-electron chi connectivity index (χ4n) is 4.03. The van der Waals surface area contributed by atoms with Crippen molar-refractivity contribution in [1.29, 1.82) is 0 Å². The summed E-state index contributed by atoms with van der Waals surface area (Å²) in [7, 11) is 0. The zero-order valence-corrected chi connectivity index (χ0v) is 14.9. The molecule has 1 aromatic carbocycles. The van der Waals surface area contributed by atoms with Gasteiger partial charge in [0, 0.05) is 37.4 Å². The molecule has 2 aliphatic rings. The van der Waals surface area contributed by atoms with Gasteiger partial charge in [0.15, 0.2) is 0 Å². The minimum Gasteiger partial charge on any atom is -0.375 e. The molecule has 1 aliphatic heterocycles. The highest BCUT2D eigenvalue weighted by Gasteiger charge is 2.35. The second-order valence-corrected chi connectivity index (χ2v) is 7.17. The third-order valence-corrected chi connectivity index (χ3v) is 5.46. The van der Waals surface area contributed by atoms with Gasteiger partial charge in [-0.15, -0.1) is 0 Å². The SMILES string of the molecule is O=C(NCc1ccccc1Cn1cccn1)[C@H]1CC[C@H]2OCCN[C@@H]2C1. The molecule has 0 unspecified atom stereocenters. The second-order valence-electron chi connectivity index (χ2n) is 7.17. The number of hydrogen-bond acceptors (Lipinski definition) is 4. The summed E-state index contributed by atoms with van der Waals surface area (Å²) in [6.07, 6.45) is 6.75. The lowest BCUT2D eigenvalue weighted by molar-refractivity contribution is -0.128. The van der Waals surface area contributed by atoms with Crippen LogP contribution in [0.1, 0.15) is 30.4 Å². The Morgan fingerprint density at radius 3 is 3.00 bits per heavy atom. The fraction of sp³-hybridized carbons (Fsp3) is 0.500. The largest absolute Gasteiger partial charge is 0.375 e. The Bertz CT molecular complexity index is 731. The first-order valence-corrected chi connectivity index (χ1v) is 9.46. The van der Waals surface area contributed by atoms with Crippen LogP contribution in [0.5, 0.6) is 0 Å². The van der Waals surface area contributed by atoms with Crippen molar-refractivity contribution in [3.8, 4) is 0 Å². The predicted molar refractivity (Wildman–Crippen MR) is 98.5 cm³/mol. The van der Waals surface area contributed by atoms with Crippen LogP contribution in [0.3, 0.4) is 0 Å². The van der Waals surface area contributed by atoms with Gasteiger partial charge < -0.3 is 15.4 Å². The van der Waals surface area contributed by atoms with Gasteiger partial charge in [0.2, 0.25) is 5.91 Å². The highest BCUT2D eigenvalue weighted by atomic mass is 16.5. The third-order valence-electron chi connectivity index (χ3n) is 5.46. The quantitative estimate of drug-likeness (QED) is 0.858. The van der Waals surface area contributed by atoms with Crippen molar-refractivity contribution in [3.63, 3.8) is 0 Å². The highest BCUT2D eigenvalue weighted by molar-refractivity contribution is 5.78. The van der Waals surface area contributed by atoms with Crippen LogP contribution in [0, 0.1) is 5.92 Å². The van der Waals surface area contributed by atoms with E-state index in [9.17, 15) is 4.79 Å². The van der Waals surface area contributed by atoms with Crippen LogP contribution in [0.15, 0.2) is 42.7 Å². The molecule has 4 rings (SSSR count). The number of amides is 1. The van der Waals surface area contributed by atoms with E-state index in [1.165, 1.54) is 5.56 Å². The summed E-state index contributed by atoms with van der Waals surface area (Å²) in [4.78, 5) is 12.7. The molecule has 3 atom stereocenters. The van der Waals surface area contributed by atoms with E-state index in [0.29, 0.717) is 19.1 Å². The lowest BCUT2D eigenvalue weighted by Crippen LogP contribution is -2.53. The molecule has 2 aromatic rings. The molecule has 26 heavy (non-hydrogen) atoms. The number of nitrogens with one attached hydrogen (secondary N) is 2. The predicted octanol–water partition coefficient (Wildman–Crippen LogP) is 1.70. The molecule has 138 valence electrons. The number of carbonyl (C=O) groups is 1. The lowest BCUT2D eigenvalue weighted by atomic mass is 9.82. The van der Waals surface area contributed by atoms with Crippen molar-refractivity contribution in [1.82, 2.24) is 20.4 Å². The molecule has 6 nitrogen and oxygen atoms in total. The number of fused-ring (bicyclic) bond motifs is 1. The van der Waals surface area contributed by atoms with Crippen LogP contribution < -0.4 is 10.6 Å². The number of carbonyl (C=O) groups excluding carboxylic acids is 1. The van der Waals surface area contributed by atoms with E-state index in [2.05, 4.69) is 27.9 Å². The van der Waals surface area contributed by atoms with Crippen LogP contribution in [0.4, 0.5) is 0 Å². The zero-order chi connectivity index (χ0) is 17.8. The average Bonchev–Trinajstić information content (AvgIpc) is 3.20. The topological polar surface area (TPSA) is 68.2 Å². The number of aromatic nitrogens is 2. The van der Waals surface area contributed by atoms with Gasteiger partial charge >= 0.3 is 0 Å². The van der Waals surface area contributed by atoms with E-state index in [0.717, 1.165) is 38.0 Å². The summed E-state index contributed by atoms with van der Waals surface area (Å²) in [5, 5.41) is 10.9. The van der Waals surface area contributed by atoms with Gasteiger partial charge in [-0.1, -0.05) is 24.3 Å². The van der Waals surface area contributed by atoms with E-state index >= 15 is 0 Å². The molecule has 0 radical (unpaired) electrons. The zero-order valence-electron chi connectivity index (χ0n) is 14.9. The van der Waals surface area contributed by atoms with E-state index < -0.39 is 0 Å².